The number of ether oxygens (including phenoxy) is 3. The number of alkyl carbamates (subject to hydrolysis) is 1. The van der Waals surface area contributed by atoms with E-state index in [0.29, 0.717) is 25.2 Å². The van der Waals surface area contributed by atoms with Gasteiger partial charge in [-0.05, 0) is 115 Å². The molecule has 0 aromatic heterocycles. The zero-order valence-electron chi connectivity index (χ0n) is 43.1. The quantitative estimate of drug-likeness (QED) is 0.0322. The molecule has 3 fully saturated rings. The van der Waals surface area contributed by atoms with Crippen LogP contribution in [0.15, 0.2) is 77.3 Å². The summed E-state index contributed by atoms with van der Waals surface area (Å²) >= 11 is 0. The van der Waals surface area contributed by atoms with Crippen LogP contribution in [0.2, 0.25) is 0 Å². The standard InChI is InChI=1S/C56H82N4O9.Na/c1-38(2)13-12-14-39(3)45-21-22-46-44-20-19-42-37-43(25-27-55(42,4)47(44)26-28-56(45,46)5)69-54(66)58-30-32-68-34-33-67-31-29-57-50(61)23-24-51(62)59-48(35-40-15-8-6-9-16-40)52(63)60-49(53(64)65)36-41-17-10-7-11-18-41;/h6-11,15-19,38-39,43-49H,12-14,20-37H2,1-5H3,(H,57,61)(H,58,66)(H,59,62)(H,60,63)(H,64,65);/q;+1/p-1/t39-,43?,44+,45-,46+,47+,48+,49+,55+,56-;/m1./s1. The number of nitrogens with zero attached hydrogens (tertiary/aromatic N) is 1. The van der Waals surface area contributed by atoms with E-state index in [1.165, 1.54) is 56.9 Å². The predicted molar refractivity (Wildman–Crippen MR) is 266 cm³/mol. The van der Waals surface area contributed by atoms with Crippen LogP contribution in [0.1, 0.15) is 129 Å². The number of carboxylic acids is 1. The van der Waals surface area contributed by atoms with Crippen molar-refractivity contribution in [3.8, 4) is 0 Å². The normalized spacial score (nSPS) is 26.2. The average molecular weight is 977 g/mol. The minimum Gasteiger partial charge on any atom is -0.862 e. The molecule has 0 radical (unpaired) electrons. The van der Waals surface area contributed by atoms with Gasteiger partial charge in [-0.3, -0.25) is 9.59 Å². The van der Waals surface area contributed by atoms with Gasteiger partial charge in [0.2, 0.25) is 11.8 Å². The SMILES string of the molecule is CC(C)CCC[C@@H](C)[C@H]1CC[C@H]2[C@@H]3CC=C4CC(OC(=O)NCCOCCOCCN=C([O-])CCC(=O)N[C@@H](Cc5ccccc5)C(=O)N[C@@H](Cc5ccccc5)C(=O)O)CC[C@]4(C)[C@H]3CC[C@]12C.[Na+]. The fourth-order valence-electron chi connectivity index (χ4n) is 12.7. The van der Waals surface area contributed by atoms with Crippen molar-refractivity contribution in [2.75, 3.05) is 39.5 Å². The molecule has 1 unspecified atom stereocenters. The summed E-state index contributed by atoms with van der Waals surface area (Å²) in [4.78, 5) is 55.1. The van der Waals surface area contributed by atoms with Crippen molar-refractivity contribution in [1.82, 2.24) is 16.0 Å². The summed E-state index contributed by atoms with van der Waals surface area (Å²) in [5.41, 5.74) is 3.71. The summed E-state index contributed by atoms with van der Waals surface area (Å²) in [7, 11) is 0. The maximum atomic E-state index is 13.3. The van der Waals surface area contributed by atoms with Crippen molar-refractivity contribution < 1.29 is 73.2 Å². The third kappa shape index (κ3) is 16.1. The zero-order valence-corrected chi connectivity index (χ0v) is 45.1. The van der Waals surface area contributed by atoms with E-state index < -0.39 is 41.9 Å². The Morgan fingerprint density at radius 1 is 0.800 bits per heavy atom. The zero-order chi connectivity index (χ0) is 49.4. The van der Waals surface area contributed by atoms with Crippen LogP contribution in [0.25, 0.3) is 0 Å². The summed E-state index contributed by atoms with van der Waals surface area (Å²) in [5, 5.41) is 30.4. The largest absolute Gasteiger partial charge is 1.00 e. The van der Waals surface area contributed by atoms with Crippen LogP contribution in [0.3, 0.4) is 0 Å². The Morgan fingerprint density at radius 3 is 2.14 bits per heavy atom. The Morgan fingerprint density at radius 2 is 1.47 bits per heavy atom. The van der Waals surface area contributed by atoms with E-state index in [1.807, 2.05) is 36.4 Å². The van der Waals surface area contributed by atoms with Gasteiger partial charge in [0.05, 0.1) is 33.0 Å². The van der Waals surface area contributed by atoms with Gasteiger partial charge in [-0.2, -0.15) is 0 Å². The first-order valence-corrected chi connectivity index (χ1v) is 26.1. The molecule has 2 aromatic rings. The van der Waals surface area contributed by atoms with E-state index in [2.05, 4.69) is 61.6 Å². The Hall–Kier alpha value is -3.75. The van der Waals surface area contributed by atoms with Crippen LogP contribution in [0.4, 0.5) is 4.79 Å². The molecular weight excluding hydrogens is 896 g/mol. The van der Waals surface area contributed by atoms with Crippen LogP contribution >= 0.6 is 0 Å². The molecule has 10 atom stereocenters. The number of aliphatic carboxylic acids is 1. The molecular formula is C56H81N4NaO9. The molecule has 14 heteroatoms. The molecule has 4 N–H and O–H groups in total. The number of fused-ring (bicyclic) bond motifs is 5. The maximum Gasteiger partial charge on any atom is 1.00 e. The van der Waals surface area contributed by atoms with Gasteiger partial charge in [0.1, 0.15) is 18.2 Å². The molecule has 6 rings (SSSR count). The number of carboxylic acid groups (broad SMARTS) is 1. The first-order valence-electron chi connectivity index (χ1n) is 26.1. The van der Waals surface area contributed by atoms with Gasteiger partial charge in [-0.1, -0.05) is 126 Å². The molecule has 0 saturated heterocycles. The fraction of sp³-hybridized carbons (Fsp3) is 0.661. The molecule has 380 valence electrons. The number of carbonyl (C=O) groups is 4. The second kappa shape index (κ2) is 27.9. The fourth-order valence-corrected chi connectivity index (χ4v) is 12.7. The number of rotatable bonds is 26. The maximum absolute atomic E-state index is 13.3. The van der Waals surface area contributed by atoms with Crippen LogP contribution in [0.5, 0.6) is 0 Å². The number of hydrogen-bond acceptors (Lipinski definition) is 9. The number of benzene rings is 2. The molecule has 70 heavy (non-hydrogen) atoms. The second-order valence-electron chi connectivity index (χ2n) is 21.4. The summed E-state index contributed by atoms with van der Waals surface area (Å²) in [5.74, 6) is 1.97. The third-order valence-corrected chi connectivity index (χ3v) is 16.3. The van der Waals surface area contributed by atoms with Crippen LogP contribution in [-0.4, -0.2) is 92.6 Å². The van der Waals surface area contributed by atoms with E-state index >= 15 is 0 Å². The first-order chi connectivity index (χ1) is 33.2. The third-order valence-electron chi connectivity index (χ3n) is 16.3. The van der Waals surface area contributed by atoms with E-state index in [4.69, 9.17) is 14.2 Å². The summed E-state index contributed by atoms with van der Waals surface area (Å²) in [6.45, 7) is 13.9. The molecule has 3 saturated carbocycles. The van der Waals surface area contributed by atoms with E-state index in [9.17, 15) is 29.4 Å². The van der Waals surface area contributed by atoms with Gasteiger partial charge in [0.15, 0.2) is 0 Å². The molecule has 3 amide bonds. The number of hydrogen-bond donors (Lipinski definition) is 4. The predicted octanol–water partition coefficient (Wildman–Crippen LogP) is 5.24. The summed E-state index contributed by atoms with van der Waals surface area (Å²) < 4.78 is 17.1. The number of nitrogens with one attached hydrogen (secondary N) is 3. The van der Waals surface area contributed by atoms with Crippen molar-refractivity contribution in [3.63, 3.8) is 0 Å². The van der Waals surface area contributed by atoms with Gasteiger partial charge in [0, 0.05) is 32.2 Å². The van der Waals surface area contributed by atoms with Crippen LogP contribution in [-0.2, 0) is 41.4 Å². The number of aliphatic imine (C=N–C) groups is 1. The Kier molecular flexibility index (Phi) is 22.8. The summed E-state index contributed by atoms with van der Waals surface area (Å²) in [6.07, 6.45) is 15.4. The Bertz CT molecular complexity index is 2040. The summed E-state index contributed by atoms with van der Waals surface area (Å²) in [6, 6.07) is 15.8. The Labute approximate surface area is 439 Å². The second-order valence-corrected chi connectivity index (χ2v) is 21.4. The van der Waals surface area contributed by atoms with Gasteiger partial charge in [0.25, 0.3) is 0 Å². The average Bonchev–Trinajstić information content (AvgIpc) is 3.69. The number of carbonyl (C=O) groups excluding carboxylic acids is 3. The van der Waals surface area contributed by atoms with Crippen molar-refractivity contribution in [2.45, 2.75) is 149 Å². The van der Waals surface area contributed by atoms with Gasteiger partial charge >= 0.3 is 41.6 Å². The van der Waals surface area contributed by atoms with E-state index in [-0.39, 0.29) is 86.5 Å². The first kappa shape index (κ1) is 57.2. The molecule has 4 aliphatic rings. The minimum atomic E-state index is -1.20. The topological polar surface area (TPSA) is 188 Å². The van der Waals surface area contributed by atoms with Crippen molar-refractivity contribution in [1.29, 1.82) is 0 Å². The Balaban J connectivity index is 0.00000913. The molecule has 0 bridgehead atoms. The van der Waals surface area contributed by atoms with Gasteiger partial charge in [-0.25, -0.2) is 9.59 Å². The molecule has 4 aliphatic carbocycles. The minimum absolute atomic E-state index is 0. The molecule has 0 heterocycles. The van der Waals surface area contributed by atoms with E-state index in [0.717, 1.165) is 65.9 Å². The number of amides is 3. The smallest absolute Gasteiger partial charge is 0.862 e. The van der Waals surface area contributed by atoms with Gasteiger partial charge in [-0.15, -0.1) is 0 Å². The van der Waals surface area contributed by atoms with Crippen molar-refractivity contribution >= 4 is 29.8 Å². The number of allylic oxidation sites excluding steroid dienone is 1. The molecule has 0 aliphatic heterocycles. The molecule has 13 nitrogen and oxygen atoms in total. The van der Waals surface area contributed by atoms with Crippen molar-refractivity contribution in [2.24, 2.45) is 51.3 Å². The van der Waals surface area contributed by atoms with Crippen LogP contribution < -0.4 is 50.6 Å². The monoisotopic (exact) mass is 977 g/mol. The van der Waals surface area contributed by atoms with Crippen molar-refractivity contribution in [3.05, 3.63) is 83.4 Å². The van der Waals surface area contributed by atoms with Gasteiger partial charge < -0.3 is 45.4 Å². The molecule has 2 aromatic carbocycles. The van der Waals surface area contributed by atoms with E-state index in [1.54, 1.807) is 24.3 Å². The van der Waals surface area contributed by atoms with Crippen LogP contribution in [0, 0.1) is 46.3 Å². The molecule has 0 spiro atoms.